The van der Waals surface area contributed by atoms with Crippen molar-refractivity contribution in [2.24, 2.45) is 0 Å². The maximum absolute atomic E-state index is 13.1. The van der Waals surface area contributed by atoms with Gasteiger partial charge in [-0.2, -0.15) is 18.3 Å². The molecule has 0 aliphatic carbocycles. The quantitative estimate of drug-likeness (QED) is 0.447. The van der Waals surface area contributed by atoms with E-state index in [-0.39, 0.29) is 22.6 Å². The van der Waals surface area contributed by atoms with E-state index >= 15 is 0 Å². The molecule has 1 aliphatic heterocycles. The third-order valence-corrected chi connectivity index (χ3v) is 5.01. The molecule has 3 heterocycles. The Hall–Kier alpha value is -1.40. The van der Waals surface area contributed by atoms with Crippen LogP contribution in [0.15, 0.2) is 24.7 Å². The molecule has 146 valence electrons. The zero-order valence-corrected chi connectivity index (χ0v) is 16.8. The van der Waals surface area contributed by atoms with Crippen molar-refractivity contribution in [2.45, 2.75) is 31.7 Å². The van der Waals surface area contributed by atoms with Crippen molar-refractivity contribution in [1.82, 2.24) is 14.8 Å². The van der Waals surface area contributed by atoms with Crippen LogP contribution >= 0.6 is 34.2 Å². The molecule has 2 aromatic heterocycles. The van der Waals surface area contributed by atoms with Gasteiger partial charge in [-0.05, 0) is 41.9 Å². The third-order valence-electron chi connectivity index (χ3n) is 3.97. The van der Waals surface area contributed by atoms with Gasteiger partial charge in [0, 0.05) is 25.1 Å². The fourth-order valence-electron chi connectivity index (χ4n) is 2.75. The number of carbonyl (C=O) groups is 1. The topological polar surface area (TPSA) is 60.3 Å². The number of rotatable bonds is 4. The number of anilines is 1. The van der Waals surface area contributed by atoms with Crippen molar-refractivity contribution in [3.63, 3.8) is 0 Å². The van der Waals surface area contributed by atoms with Gasteiger partial charge < -0.3 is 4.74 Å². The molecule has 6 nitrogen and oxygen atoms in total. The molecule has 27 heavy (non-hydrogen) atoms. The lowest BCUT2D eigenvalue weighted by Gasteiger charge is -2.25. The van der Waals surface area contributed by atoms with Crippen molar-refractivity contribution < 1.29 is 22.7 Å². The highest BCUT2D eigenvalue weighted by atomic mass is 127. The lowest BCUT2D eigenvalue weighted by molar-refractivity contribution is -0.118. The molecule has 0 radical (unpaired) electrons. The van der Waals surface area contributed by atoms with Gasteiger partial charge in [-0.3, -0.25) is 9.69 Å². The predicted octanol–water partition coefficient (Wildman–Crippen LogP) is 4.44. The van der Waals surface area contributed by atoms with Crippen molar-refractivity contribution in [2.75, 3.05) is 18.1 Å². The number of alkyl halides is 3. The minimum atomic E-state index is -4.59. The van der Waals surface area contributed by atoms with Crippen LogP contribution in [-0.2, 0) is 4.74 Å². The molecule has 2 aromatic rings. The Kier molecular flexibility index (Phi) is 6.26. The maximum atomic E-state index is 13.1. The Labute approximate surface area is 171 Å². The zero-order valence-electron chi connectivity index (χ0n) is 13.9. The first-order chi connectivity index (χ1) is 12.7. The number of nitrogens with zero attached hydrogens (tertiary/aromatic N) is 4. The molecule has 1 amide bonds. The fraction of sp³-hybridized carbons (Fsp3) is 0.438. The highest BCUT2D eigenvalue weighted by Gasteiger charge is 2.35. The number of amides is 1. The summed E-state index contributed by atoms with van der Waals surface area (Å²) in [4.78, 5) is 17.3. The number of carbonyl (C=O) groups excluding carboxylic acids is 1. The van der Waals surface area contributed by atoms with E-state index in [1.54, 1.807) is 0 Å². The lowest BCUT2D eigenvalue weighted by atomic mass is 10.2. The first-order valence-corrected chi connectivity index (χ1v) is 9.56. The molecule has 1 aliphatic rings. The predicted molar refractivity (Wildman–Crippen MR) is 101 cm³/mol. The largest absolute Gasteiger partial charge is 0.406 e. The van der Waals surface area contributed by atoms with Crippen molar-refractivity contribution in [1.29, 1.82) is 0 Å². The van der Waals surface area contributed by atoms with Gasteiger partial charge in [0.25, 0.3) is 5.91 Å². The number of hydrogen-bond acceptors (Lipinski definition) is 4. The summed E-state index contributed by atoms with van der Waals surface area (Å²) in [6, 6.07) is 1.24. The van der Waals surface area contributed by atoms with E-state index in [4.69, 9.17) is 16.3 Å². The molecule has 0 aromatic carbocycles. The van der Waals surface area contributed by atoms with Crippen LogP contribution in [0.25, 0.3) is 0 Å². The second-order valence-electron chi connectivity index (χ2n) is 6.00. The van der Waals surface area contributed by atoms with Crippen LogP contribution < -0.4 is 4.90 Å². The van der Waals surface area contributed by atoms with Crippen LogP contribution in [-0.4, -0.2) is 40.0 Å². The van der Waals surface area contributed by atoms with Gasteiger partial charge in [0.15, 0.2) is 0 Å². The number of hydrogen-bond donors (Lipinski definition) is 0. The number of halogens is 5. The second-order valence-corrected chi connectivity index (χ2v) is 7.54. The molecule has 0 bridgehead atoms. The van der Waals surface area contributed by atoms with E-state index in [1.165, 1.54) is 29.3 Å². The van der Waals surface area contributed by atoms with E-state index in [2.05, 4.69) is 10.1 Å². The average Bonchev–Trinajstić information content (AvgIpc) is 3.11. The number of ether oxygens (including phenoxy) is 1. The highest BCUT2D eigenvalue weighted by molar-refractivity contribution is 14.1. The van der Waals surface area contributed by atoms with Gasteiger partial charge in [0.1, 0.15) is 17.9 Å². The summed E-state index contributed by atoms with van der Waals surface area (Å²) in [5.74, 6) is -0.824. The second kappa shape index (κ2) is 8.31. The number of pyridine rings is 1. The summed E-state index contributed by atoms with van der Waals surface area (Å²) in [5.41, 5.74) is 0.0803. The third kappa shape index (κ3) is 5.11. The Balaban J connectivity index is 1.91. The molecule has 1 saturated heterocycles. The Morgan fingerprint density at radius 1 is 1.41 bits per heavy atom. The monoisotopic (exact) mass is 514 g/mol. The van der Waals surface area contributed by atoms with E-state index in [0.717, 1.165) is 19.3 Å². The normalized spacial score (nSPS) is 17.7. The minimum absolute atomic E-state index is 0.00306. The van der Waals surface area contributed by atoms with Crippen LogP contribution in [0.3, 0.4) is 0 Å². The van der Waals surface area contributed by atoms with Gasteiger partial charge in [0.2, 0.25) is 0 Å². The molecule has 11 heteroatoms. The van der Waals surface area contributed by atoms with E-state index in [9.17, 15) is 18.0 Å². The van der Waals surface area contributed by atoms with Gasteiger partial charge in [-0.15, -0.1) is 0 Å². The number of aromatic nitrogens is 3. The fourth-order valence-corrected chi connectivity index (χ4v) is 3.49. The average molecular weight is 515 g/mol. The van der Waals surface area contributed by atoms with Crippen LogP contribution in [0.4, 0.5) is 18.9 Å². The summed E-state index contributed by atoms with van der Waals surface area (Å²) < 4.78 is 46.8. The van der Waals surface area contributed by atoms with Gasteiger partial charge in [-0.25, -0.2) is 9.67 Å². The first kappa shape index (κ1) is 20.3. The van der Waals surface area contributed by atoms with E-state index < -0.39 is 18.6 Å². The van der Waals surface area contributed by atoms with Gasteiger partial charge in [0.05, 0.1) is 21.0 Å². The molecule has 1 atom stereocenters. The van der Waals surface area contributed by atoms with Crippen LogP contribution in [0.5, 0.6) is 0 Å². The Bertz CT molecular complexity index is 824. The van der Waals surface area contributed by atoms with E-state index in [0.29, 0.717) is 15.1 Å². The van der Waals surface area contributed by atoms with Gasteiger partial charge in [-0.1, -0.05) is 11.6 Å². The summed E-state index contributed by atoms with van der Waals surface area (Å²) in [5, 5.41) is 4.09. The molecule has 0 saturated carbocycles. The first-order valence-electron chi connectivity index (χ1n) is 8.10. The molecule has 0 spiro atoms. The standard InChI is InChI=1S/C16H15ClF3IN4O2/c17-13-5-12(11(21)7-22-13)24(9-16(18,19)20)15(26)10-6-23-25(8-10)14-3-1-2-4-27-14/h5-8,14H,1-4,9H2. The zero-order chi connectivity index (χ0) is 19.6. The molecule has 1 fully saturated rings. The SMILES string of the molecule is O=C(c1cnn(C2CCCCO2)c1)N(CC(F)(F)F)c1cc(Cl)ncc1I. The summed E-state index contributed by atoms with van der Waals surface area (Å²) in [7, 11) is 0. The van der Waals surface area contributed by atoms with Crippen molar-refractivity contribution in [3.05, 3.63) is 38.9 Å². The summed E-state index contributed by atoms with van der Waals surface area (Å²) in [6.45, 7) is -0.866. The summed E-state index contributed by atoms with van der Waals surface area (Å²) in [6.07, 6.45) is 1.72. The molecular weight excluding hydrogens is 500 g/mol. The Morgan fingerprint density at radius 2 is 2.19 bits per heavy atom. The molecule has 1 unspecified atom stereocenters. The van der Waals surface area contributed by atoms with E-state index in [1.807, 2.05) is 22.6 Å². The van der Waals surface area contributed by atoms with Crippen LogP contribution in [0, 0.1) is 3.57 Å². The van der Waals surface area contributed by atoms with Crippen molar-refractivity contribution >= 4 is 45.8 Å². The smallest absolute Gasteiger partial charge is 0.357 e. The van der Waals surface area contributed by atoms with Crippen LogP contribution in [0.1, 0.15) is 35.8 Å². The lowest BCUT2D eigenvalue weighted by Crippen LogP contribution is -2.39. The minimum Gasteiger partial charge on any atom is -0.357 e. The molecule has 0 N–H and O–H groups in total. The Morgan fingerprint density at radius 3 is 2.85 bits per heavy atom. The van der Waals surface area contributed by atoms with Crippen LogP contribution in [0.2, 0.25) is 5.15 Å². The highest BCUT2D eigenvalue weighted by Crippen LogP contribution is 2.30. The van der Waals surface area contributed by atoms with Crippen molar-refractivity contribution in [3.8, 4) is 0 Å². The molecule has 3 rings (SSSR count). The maximum Gasteiger partial charge on any atom is 0.406 e. The summed E-state index contributed by atoms with van der Waals surface area (Å²) >= 11 is 7.64. The molecular formula is C16H15ClF3IN4O2. The van der Waals surface area contributed by atoms with Gasteiger partial charge >= 0.3 is 6.18 Å².